The summed E-state index contributed by atoms with van der Waals surface area (Å²) in [6.45, 7) is 5.87. The van der Waals surface area contributed by atoms with E-state index in [4.69, 9.17) is 9.26 Å². The quantitative estimate of drug-likeness (QED) is 0.461. The van der Waals surface area contributed by atoms with Crippen molar-refractivity contribution in [2.75, 3.05) is 11.9 Å². The van der Waals surface area contributed by atoms with E-state index in [1.54, 1.807) is 6.07 Å². The van der Waals surface area contributed by atoms with Crippen LogP contribution in [0.3, 0.4) is 0 Å². The number of carbonyl (C=O) groups excluding carboxylic acids is 1. The van der Waals surface area contributed by atoms with Gasteiger partial charge in [-0.3, -0.25) is 4.79 Å². The topological polar surface area (TPSA) is 77.2 Å². The Morgan fingerprint density at radius 2 is 1.65 bits per heavy atom. The number of nitrogens with zero attached hydrogens (tertiary/aromatic N) is 2. The molecule has 1 N–H and O–H groups in total. The van der Waals surface area contributed by atoms with Gasteiger partial charge in [0.1, 0.15) is 5.75 Å². The van der Waals surface area contributed by atoms with Crippen LogP contribution >= 0.6 is 0 Å². The Kier molecular flexibility index (Phi) is 5.80. The standard InChI is InChI=1S/C25H23N3O3/c1-16-8-10-19(11-9-16)24-27-25(31-28-24)21-6-4-5-7-22(21)30-15-23(29)26-20-13-17(2)12-18(3)14-20/h4-14H,15H2,1-3H3,(H,26,29). The van der Waals surface area contributed by atoms with E-state index in [0.29, 0.717) is 23.0 Å². The summed E-state index contributed by atoms with van der Waals surface area (Å²) in [6.07, 6.45) is 0. The maximum absolute atomic E-state index is 12.4. The number of anilines is 1. The second-order valence-electron chi connectivity index (χ2n) is 7.50. The fraction of sp³-hybridized carbons (Fsp3) is 0.160. The second kappa shape index (κ2) is 8.83. The van der Waals surface area contributed by atoms with Crippen LogP contribution in [0.15, 0.2) is 71.3 Å². The lowest BCUT2D eigenvalue weighted by Gasteiger charge is -2.10. The third-order valence-corrected chi connectivity index (χ3v) is 4.72. The minimum absolute atomic E-state index is 0.136. The number of nitrogens with one attached hydrogen (secondary N) is 1. The molecule has 0 aliphatic carbocycles. The van der Waals surface area contributed by atoms with Crippen molar-refractivity contribution in [2.45, 2.75) is 20.8 Å². The third kappa shape index (κ3) is 4.98. The Morgan fingerprint density at radius 3 is 2.39 bits per heavy atom. The van der Waals surface area contributed by atoms with Gasteiger partial charge in [0.05, 0.1) is 5.56 Å². The van der Waals surface area contributed by atoms with Crippen molar-refractivity contribution in [3.63, 3.8) is 0 Å². The minimum atomic E-state index is -0.245. The van der Waals surface area contributed by atoms with Crippen LogP contribution in [0.4, 0.5) is 5.69 Å². The Hall–Kier alpha value is -3.93. The minimum Gasteiger partial charge on any atom is -0.483 e. The number of hydrogen-bond donors (Lipinski definition) is 1. The van der Waals surface area contributed by atoms with Gasteiger partial charge in [-0.2, -0.15) is 4.98 Å². The predicted molar refractivity (Wildman–Crippen MR) is 120 cm³/mol. The van der Waals surface area contributed by atoms with E-state index in [1.807, 2.05) is 75.4 Å². The average Bonchev–Trinajstić information content (AvgIpc) is 3.22. The van der Waals surface area contributed by atoms with E-state index in [-0.39, 0.29) is 12.5 Å². The number of rotatable bonds is 6. The summed E-state index contributed by atoms with van der Waals surface area (Å²) in [5, 5.41) is 6.95. The van der Waals surface area contributed by atoms with Gasteiger partial charge in [-0.25, -0.2) is 0 Å². The molecule has 0 bridgehead atoms. The van der Waals surface area contributed by atoms with E-state index in [0.717, 1.165) is 27.9 Å². The number of ether oxygens (including phenoxy) is 1. The molecule has 1 amide bonds. The Balaban J connectivity index is 1.47. The van der Waals surface area contributed by atoms with E-state index >= 15 is 0 Å². The molecule has 0 spiro atoms. The van der Waals surface area contributed by atoms with Crippen LogP contribution in [0.5, 0.6) is 5.75 Å². The Labute approximate surface area is 180 Å². The summed E-state index contributed by atoms with van der Waals surface area (Å²) in [5.74, 6) is 1.08. The monoisotopic (exact) mass is 413 g/mol. The molecule has 0 fully saturated rings. The molecule has 31 heavy (non-hydrogen) atoms. The maximum atomic E-state index is 12.4. The lowest BCUT2D eigenvalue weighted by Crippen LogP contribution is -2.20. The third-order valence-electron chi connectivity index (χ3n) is 4.72. The van der Waals surface area contributed by atoms with Crippen LogP contribution < -0.4 is 10.1 Å². The number of amides is 1. The first-order valence-corrected chi connectivity index (χ1v) is 9.99. The summed E-state index contributed by atoms with van der Waals surface area (Å²) in [7, 11) is 0. The average molecular weight is 413 g/mol. The molecule has 3 aromatic carbocycles. The Bertz CT molecular complexity index is 1190. The van der Waals surface area contributed by atoms with Crippen molar-refractivity contribution in [2.24, 2.45) is 0 Å². The number of aromatic nitrogens is 2. The molecule has 0 radical (unpaired) electrons. The highest BCUT2D eigenvalue weighted by Gasteiger charge is 2.16. The van der Waals surface area contributed by atoms with E-state index in [9.17, 15) is 4.79 Å². The molecule has 156 valence electrons. The molecule has 4 aromatic rings. The van der Waals surface area contributed by atoms with Gasteiger partial charge in [0.25, 0.3) is 11.8 Å². The van der Waals surface area contributed by atoms with Crippen LogP contribution in [0, 0.1) is 20.8 Å². The summed E-state index contributed by atoms with van der Waals surface area (Å²) in [4.78, 5) is 16.9. The van der Waals surface area contributed by atoms with Crippen LogP contribution in [-0.2, 0) is 4.79 Å². The fourth-order valence-corrected chi connectivity index (χ4v) is 3.31. The molecule has 0 unspecified atom stereocenters. The van der Waals surface area contributed by atoms with Crippen molar-refractivity contribution in [1.29, 1.82) is 0 Å². The van der Waals surface area contributed by atoms with Gasteiger partial charge in [0.15, 0.2) is 6.61 Å². The van der Waals surface area contributed by atoms with Gasteiger partial charge in [-0.05, 0) is 56.2 Å². The van der Waals surface area contributed by atoms with Gasteiger partial charge in [0, 0.05) is 11.3 Å². The van der Waals surface area contributed by atoms with Crippen molar-refractivity contribution in [3.8, 4) is 28.6 Å². The zero-order valence-corrected chi connectivity index (χ0v) is 17.7. The number of para-hydroxylation sites is 1. The molecule has 0 atom stereocenters. The summed E-state index contributed by atoms with van der Waals surface area (Å²) < 4.78 is 11.2. The van der Waals surface area contributed by atoms with Gasteiger partial charge < -0.3 is 14.6 Å². The number of hydrogen-bond acceptors (Lipinski definition) is 5. The maximum Gasteiger partial charge on any atom is 0.262 e. The van der Waals surface area contributed by atoms with E-state index in [1.165, 1.54) is 0 Å². The smallest absolute Gasteiger partial charge is 0.262 e. The van der Waals surface area contributed by atoms with Gasteiger partial charge in [-0.1, -0.05) is 53.2 Å². The van der Waals surface area contributed by atoms with Crippen molar-refractivity contribution < 1.29 is 14.1 Å². The van der Waals surface area contributed by atoms with Crippen LogP contribution in [-0.4, -0.2) is 22.7 Å². The van der Waals surface area contributed by atoms with Gasteiger partial charge in [-0.15, -0.1) is 0 Å². The fourth-order valence-electron chi connectivity index (χ4n) is 3.31. The lowest BCUT2D eigenvalue weighted by atomic mass is 10.1. The highest BCUT2D eigenvalue weighted by Crippen LogP contribution is 2.30. The predicted octanol–water partition coefficient (Wildman–Crippen LogP) is 5.35. The normalized spacial score (nSPS) is 10.7. The first-order valence-electron chi connectivity index (χ1n) is 9.99. The van der Waals surface area contributed by atoms with Crippen molar-refractivity contribution >= 4 is 11.6 Å². The SMILES string of the molecule is Cc1ccc(-c2noc(-c3ccccc3OCC(=O)Nc3cc(C)cc(C)c3)n2)cc1. The first kappa shape index (κ1) is 20.3. The summed E-state index contributed by atoms with van der Waals surface area (Å²) >= 11 is 0. The van der Waals surface area contributed by atoms with Crippen LogP contribution in [0.1, 0.15) is 16.7 Å². The highest BCUT2D eigenvalue weighted by molar-refractivity contribution is 5.92. The summed E-state index contributed by atoms with van der Waals surface area (Å²) in [5.41, 5.74) is 5.58. The van der Waals surface area contributed by atoms with E-state index in [2.05, 4.69) is 21.5 Å². The largest absolute Gasteiger partial charge is 0.483 e. The molecular formula is C25H23N3O3. The zero-order chi connectivity index (χ0) is 21.8. The number of aryl methyl sites for hydroxylation is 3. The van der Waals surface area contributed by atoms with E-state index < -0.39 is 0 Å². The second-order valence-corrected chi connectivity index (χ2v) is 7.50. The summed E-state index contributed by atoms with van der Waals surface area (Å²) in [6, 6.07) is 21.1. The Morgan fingerprint density at radius 1 is 0.935 bits per heavy atom. The first-order chi connectivity index (χ1) is 15.0. The molecule has 6 nitrogen and oxygen atoms in total. The van der Waals surface area contributed by atoms with Crippen LogP contribution in [0.25, 0.3) is 22.8 Å². The van der Waals surface area contributed by atoms with Gasteiger partial charge in [0.2, 0.25) is 5.82 Å². The molecule has 6 heteroatoms. The lowest BCUT2D eigenvalue weighted by molar-refractivity contribution is -0.118. The molecule has 1 heterocycles. The van der Waals surface area contributed by atoms with Crippen molar-refractivity contribution in [3.05, 3.63) is 83.4 Å². The molecule has 0 saturated carbocycles. The van der Waals surface area contributed by atoms with Crippen molar-refractivity contribution in [1.82, 2.24) is 10.1 Å². The molecule has 4 rings (SSSR count). The van der Waals surface area contributed by atoms with Crippen LogP contribution in [0.2, 0.25) is 0 Å². The van der Waals surface area contributed by atoms with Gasteiger partial charge >= 0.3 is 0 Å². The number of carbonyl (C=O) groups is 1. The molecule has 0 aliphatic heterocycles. The zero-order valence-electron chi connectivity index (χ0n) is 17.7. The highest BCUT2D eigenvalue weighted by atomic mass is 16.5. The number of benzene rings is 3. The molecular weight excluding hydrogens is 390 g/mol. The molecule has 0 aliphatic rings. The molecule has 1 aromatic heterocycles. The molecule has 0 saturated heterocycles.